The Morgan fingerprint density at radius 2 is 1.86 bits per heavy atom. The first kappa shape index (κ1) is 24.9. The van der Waals surface area contributed by atoms with Crippen LogP contribution in [0.3, 0.4) is 0 Å². The Morgan fingerprint density at radius 3 is 2.50 bits per heavy atom. The van der Waals surface area contributed by atoms with Crippen molar-refractivity contribution in [3.05, 3.63) is 57.3 Å². The zero-order valence-corrected chi connectivity index (χ0v) is 19.0. The summed E-state index contributed by atoms with van der Waals surface area (Å²) in [5.41, 5.74) is 9.55. The summed E-state index contributed by atoms with van der Waals surface area (Å²) >= 11 is 1.85. The van der Waals surface area contributed by atoms with E-state index in [-0.39, 0.29) is 36.8 Å². The van der Waals surface area contributed by atoms with Gasteiger partial charge in [0.15, 0.2) is 0 Å². The van der Waals surface area contributed by atoms with Crippen molar-refractivity contribution in [1.82, 2.24) is 10.2 Å². The van der Waals surface area contributed by atoms with Crippen LogP contribution in [0.4, 0.5) is 0 Å². The first-order valence-electron chi connectivity index (χ1n) is 9.44. The number of carbonyl (C=O) groups is 1. The lowest BCUT2D eigenvalue weighted by molar-refractivity contribution is -0.121. The van der Waals surface area contributed by atoms with Gasteiger partial charge in [0.05, 0.1) is 6.04 Å². The Balaban J connectivity index is 0.00000196. The summed E-state index contributed by atoms with van der Waals surface area (Å²) in [6, 6.07) is 11.3. The minimum Gasteiger partial charge on any atom is -0.354 e. The summed E-state index contributed by atoms with van der Waals surface area (Å²) in [7, 11) is 0. The number of nitrogens with zero attached hydrogens (tertiary/aromatic N) is 1. The van der Waals surface area contributed by atoms with Crippen molar-refractivity contribution in [3.63, 3.8) is 0 Å². The van der Waals surface area contributed by atoms with Crippen molar-refractivity contribution in [2.45, 2.75) is 45.2 Å². The lowest BCUT2D eigenvalue weighted by Crippen LogP contribution is -2.40. The van der Waals surface area contributed by atoms with Crippen LogP contribution in [-0.4, -0.2) is 30.4 Å². The molecule has 2 heterocycles. The second kappa shape index (κ2) is 11.8. The number of nitrogens with two attached hydrogens (primary N) is 1. The normalized spacial score (nSPS) is 14.6. The molecule has 0 radical (unpaired) electrons. The maximum absolute atomic E-state index is 12.0. The van der Waals surface area contributed by atoms with Gasteiger partial charge in [0.25, 0.3) is 0 Å². The van der Waals surface area contributed by atoms with Gasteiger partial charge in [0.2, 0.25) is 5.91 Å². The molecule has 0 fully saturated rings. The Morgan fingerprint density at radius 1 is 1.18 bits per heavy atom. The molecule has 3 N–H and O–H groups in total. The van der Waals surface area contributed by atoms with Gasteiger partial charge >= 0.3 is 0 Å². The maximum Gasteiger partial charge on any atom is 0.221 e. The average Bonchev–Trinajstić information content (AvgIpc) is 3.10. The molecule has 2 aromatic rings. The van der Waals surface area contributed by atoms with Crippen molar-refractivity contribution in [3.8, 4) is 0 Å². The monoisotopic (exact) mass is 443 g/mol. The summed E-state index contributed by atoms with van der Waals surface area (Å²) < 4.78 is 0. The Bertz CT molecular complexity index is 734. The third kappa shape index (κ3) is 6.19. The highest BCUT2D eigenvalue weighted by Gasteiger charge is 2.26. The van der Waals surface area contributed by atoms with E-state index in [2.05, 4.69) is 59.8 Å². The predicted octanol–water partition coefficient (Wildman–Crippen LogP) is 4.28. The third-order valence-corrected chi connectivity index (χ3v) is 6.15. The Labute approximate surface area is 184 Å². The van der Waals surface area contributed by atoms with Gasteiger partial charge in [-0.25, -0.2) is 0 Å². The van der Waals surface area contributed by atoms with E-state index in [0.29, 0.717) is 25.4 Å². The fourth-order valence-corrected chi connectivity index (χ4v) is 4.42. The number of carbonyl (C=O) groups excluding carboxylic acids is 1. The molecule has 0 aliphatic carbocycles. The van der Waals surface area contributed by atoms with E-state index in [4.69, 9.17) is 5.73 Å². The van der Waals surface area contributed by atoms with Crippen LogP contribution >= 0.6 is 36.2 Å². The number of benzene rings is 1. The molecular weight excluding hydrogens is 413 g/mol. The molecule has 1 atom stereocenters. The van der Waals surface area contributed by atoms with Crippen molar-refractivity contribution in [2.24, 2.45) is 5.73 Å². The number of nitrogens with one attached hydrogen (secondary N) is 1. The lowest BCUT2D eigenvalue weighted by Gasteiger charge is -2.35. The van der Waals surface area contributed by atoms with E-state index in [1.165, 1.54) is 21.6 Å². The first-order valence-corrected chi connectivity index (χ1v) is 10.3. The SMILES string of the molecule is CC(C)c1ccc(C(CNC(=O)CCN)N2CCc3sccc3C2)cc1.Cl.Cl. The average molecular weight is 444 g/mol. The smallest absolute Gasteiger partial charge is 0.221 e. The van der Waals surface area contributed by atoms with Crippen molar-refractivity contribution in [2.75, 3.05) is 19.6 Å². The highest BCUT2D eigenvalue weighted by molar-refractivity contribution is 7.10. The number of hydrogen-bond donors (Lipinski definition) is 2. The van der Waals surface area contributed by atoms with E-state index in [0.717, 1.165) is 19.5 Å². The standard InChI is InChI=1S/C21H29N3OS.2ClH/c1-15(2)16-3-5-17(6-4-16)19(13-23-21(25)7-10-22)24-11-8-20-18(14-24)9-12-26-20;;/h3-6,9,12,15,19H,7-8,10-11,13-14,22H2,1-2H3,(H,23,25);2*1H. The lowest BCUT2D eigenvalue weighted by atomic mass is 9.97. The fourth-order valence-electron chi connectivity index (χ4n) is 3.53. The largest absolute Gasteiger partial charge is 0.354 e. The minimum absolute atomic E-state index is 0. The Kier molecular flexibility index (Phi) is 10.5. The van der Waals surface area contributed by atoms with Crippen LogP contribution < -0.4 is 11.1 Å². The van der Waals surface area contributed by atoms with E-state index >= 15 is 0 Å². The zero-order chi connectivity index (χ0) is 18.5. The van der Waals surface area contributed by atoms with E-state index in [1.54, 1.807) is 0 Å². The molecule has 1 amide bonds. The van der Waals surface area contributed by atoms with Gasteiger partial charge < -0.3 is 11.1 Å². The first-order chi connectivity index (χ1) is 12.6. The second-order valence-electron chi connectivity index (χ2n) is 7.27. The van der Waals surface area contributed by atoms with Crippen LogP contribution in [0.1, 0.15) is 53.8 Å². The molecule has 1 aliphatic heterocycles. The van der Waals surface area contributed by atoms with Gasteiger partial charge in [-0.1, -0.05) is 38.1 Å². The highest BCUT2D eigenvalue weighted by atomic mass is 35.5. The molecule has 28 heavy (non-hydrogen) atoms. The molecule has 0 saturated heterocycles. The maximum atomic E-state index is 12.0. The molecule has 0 bridgehead atoms. The quantitative estimate of drug-likeness (QED) is 0.670. The zero-order valence-electron chi connectivity index (χ0n) is 16.5. The van der Waals surface area contributed by atoms with E-state index < -0.39 is 0 Å². The van der Waals surface area contributed by atoms with E-state index in [9.17, 15) is 4.79 Å². The van der Waals surface area contributed by atoms with Gasteiger partial charge in [-0.2, -0.15) is 0 Å². The molecule has 1 aromatic carbocycles. The molecule has 156 valence electrons. The van der Waals surface area contributed by atoms with Crippen LogP contribution in [0.15, 0.2) is 35.7 Å². The van der Waals surface area contributed by atoms with Gasteiger partial charge in [-0.05, 0) is 40.5 Å². The topological polar surface area (TPSA) is 58.4 Å². The van der Waals surface area contributed by atoms with E-state index in [1.807, 2.05) is 11.3 Å². The molecule has 1 aromatic heterocycles. The molecule has 1 unspecified atom stereocenters. The van der Waals surface area contributed by atoms with Crippen molar-refractivity contribution < 1.29 is 4.79 Å². The number of amides is 1. The second-order valence-corrected chi connectivity index (χ2v) is 8.27. The third-order valence-electron chi connectivity index (χ3n) is 5.13. The summed E-state index contributed by atoms with van der Waals surface area (Å²) in [5, 5.41) is 5.26. The summed E-state index contributed by atoms with van der Waals surface area (Å²) in [4.78, 5) is 15.9. The predicted molar refractivity (Wildman–Crippen MR) is 123 cm³/mol. The number of rotatable bonds is 7. The van der Waals surface area contributed by atoms with Crippen molar-refractivity contribution >= 4 is 42.1 Å². The Hall–Kier alpha value is -1.11. The minimum atomic E-state index is 0. The number of thiophene rings is 1. The van der Waals surface area contributed by atoms with Crippen LogP contribution in [-0.2, 0) is 17.8 Å². The molecule has 1 aliphatic rings. The van der Waals surface area contributed by atoms with Gasteiger partial charge in [-0.3, -0.25) is 9.69 Å². The molecular formula is C21H31Cl2N3OS. The van der Waals surface area contributed by atoms with Crippen LogP contribution in [0.2, 0.25) is 0 Å². The summed E-state index contributed by atoms with van der Waals surface area (Å²) in [6.07, 6.45) is 1.47. The molecule has 0 saturated carbocycles. The summed E-state index contributed by atoms with van der Waals surface area (Å²) in [6.45, 7) is 7.41. The molecule has 3 rings (SSSR count). The summed E-state index contributed by atoms with van der Waals surface area (Å²) in [5.74, 6) is 0.555. The molecule has 4 nitrogen and oxygen atoms in total. The number of halogens is 2. The number of hydrogen-bond acceptors (Lipinski definition) is 4. The van der Waals surface area contributed by atoms with Gasteiger partial charge in [0.1, 0.15) is 0 Å². The number of fused-ring (bicyclic) bond motifs is 1. The molecule has 7 heteroatoms. The van der Waals surface area contributed by atoms with Crippen molar-refractivity contribution in [1.29, 1.82) is 0 Å². The highest BCUT2D eigenvalue weighted by Crippen LogP contribution is 2.30. The van der Waals surface area contributed by atoms with Gasteiger partial charge in [0, 0.05) is 37.5 Å². The van der Waals surface area contributed by atoms with Crippen LogP contribution in [0, 0.1) is 0 Å². The van der Waals surface area contributed by atoms with Gasteiger partial charge in [-0.15, -0.1) is 36.2 Å². The van der Waals surface area contributed by atoms with Crippen LogP contribution in [0.5, 0.6) is 0 Å². The molecule has 0 spiro atoms. The fraction of sp³-hybridized carbons (Fsp3) is 0.476. The van der Waals surface area contributed by atoms with Crippen LogP contribution in [0.25, 0.3) is 0 Å².